The number of amides is 2. The molecule has 4 aromatic rings. The lowest BCUT2D eigenvalue weighted by Gasteiger charge is -2.42. The van der Waals surface area contributed by atoms with Crippen LogP contribution in [0.3, 0.4) is 0 Å². The van der Waals surface area contributed by atoms with Crippen molar-refractivity contribution in [3.63, 3.8) is 0 Å². The van der Waals surface area contributed by atoms with Gasteiger partial charge < -0.3 is 24.6 Å². The van der Waals surface area contributed by atoms with Gasteiger partial charge in [-0.15, -0.1) is 11.3 Å². The molecule has 1 saturated heterocycles. The van der Waals surface area contributed by atoms with E-state index in [0.717, 1.165) is 22.0 Å². The summed E-state index contributed by atoms with van der Waals surface area (Å²) in [4.78, 5) is 45.8. The number of piperazine rings is 1. The molecule has 1 aromatic carbocycles. The Balaban J connectivity index is 1.24. The molecule has 5 heterocycles. The van der Waals surface area contributed by atoms with Crippen LogP contribution in [0.2, 0.25) is 0 Å². The van der Waals surface area contributed by atoms with Gasteiger partial charge in [0.1, 0.15) is 12.1 Å². The van der Waals surface area contributed by atoms with Gasteiger partial charge in [-0.1, -0.05) is 26.0 Å². The number of imidazole rings is 1. The monoisotopic (exact) mass is 601 g/mol. The summed E-state index contributed by atoms with van der Waals surface area (Å²) in [7, 11) is 0. The lowest BCUT2D eigenvalue weighted by molar-refractivity contribution is -0.132. The number of anilines is 1. The van der Waals surface area contributed by atoms with Crippen molar-refractivity contribution in [3.05, 3.63) is 76.6 Å². The van der Waals surface area contributed by atoms with Gasteiger partial charge in [0.25, 0.3) is 0 Å². The summed E-state index contributed by atoms with van der Waals surface area (Å²) < 4.78 is 12.7. The average molecular weight is 602 g/mol. The number of carbonyl (C=O) groups excluding carboxylic acids is 2. The minimum atomic E-state index is -0.282. The Labute approximate surface area is 254 Å². The van der Waals surface area contributed by atoms with Crippen molar-refractivity contribution in [1.82, 2.24) is 29.7 Å². The topological polar surface area (TPSA) is 115 Å². The second-order valence-electron chi connectivity index (χ2n) is 11.1. The van der Waals surface area contributed by atoms with Crippen LogP contribution in [0.15, 0.2) is 60.5 Å². The van der Waals surface area contributed by atoms with Crippen molar-refractivity contribution in [2.75, 3.05) is 31.3 Å². The molecule has 2 unspecified atom stereocenters. The molecule has 43 heavy (non-hydrogen) atoms. The van der Waals surface area contributed by atoms with Gasteiger partial charge in [0, 0.05) is 49.4 Å². The van der Waals surface area contributed by atoms with E-state index < -0.39 is 0 Å². The summed E-state index contributed by atoms with van der Waals surface area (Å²) in [5.41, 5.74) is 1.75. The van der Waals surface area contributed by atoms with E-state index in [-0.39, 0.29) is 49.5 Å². The van der Waals surface area contributed by atoms with Crippen LogP contribution in [0.5, 0.6) is 11.5 Å². The van der Waals surface area contributed by atoms with Crippen LogP contribution >= 0.6 is 11.3 Å². The lowest BCUT2D eigenvalue weighted by Crippen LogP contribution is -2.56. The maximum atomic E-state index is 13.5. The van der Waals surface area contributed by atoms with Crippen LogP contribution < -0.4 is 19.7 Å². The second-order valence-corrected chi connectivity index (χ2v) is 12.1. The molecule has 0 bridgehead atoms. The maximum absolute atomic E-state index is 13.5. The van der Waals surface area contributed by atoms with E-state index in [1.54, 1.807) is 28.4 Å². The van der Waals surface area contributed by atoms with E-state index in [1.165, 1.54) is 0 Å². The summed E-state index contributed by atoms with van der Waals surface area (Å²) >= 11 is 1.61. The normalized spacial score (nSPS) is 16.9. The molecule has 3 aromatic heterocycles. The SMILES string of the molecule is CC(C)c1cc(N2CCN(C(=O)Cc3ccc4c(c3)OCO4)CC2CC(=O)NC(C)c2cccs2)nc(-n2ccnc2)n1. The average Bonchev–Trinajstić information content (AvgIpc) is 3.79. The Kier molecular flexibility index (Phi) is 8.28. The first-order chi connectivity index (χ1) is 20.8. The number of hydrogen-bond acceptors (Lipinski definition) is 9. The van der Waals surface area contributed by atoms with E-state index in [2.05, 4.69) is 29.0 Å². The summed E-state index contributed by atoms with van der Waals surface area (Å²) in [6.07, 6.45) is 5.63. The first-order valence-electron chi connectivity index (χ1n) is 14.5. The molecule has 6 rings (SSSR count). The van der Waals surface area contributed by atoms with Crippen molar-refractivity contribution in [2.45, 2.75) is 51.6 Å². The third kappa shape index (κ3) is 6.48. The first kappa shape index (κ1) is 28.7. The van der Waals surface area contributed by atoms with Gasteiger partial charge in [-0.3, -0.25) is 14.2 Å². The van der Waals surface area contributed by atoms with E-state index >= 15 is 0 Å². The minimum absolute atomic E-state index is 0.000499. The fourth-order valence-corrected chi connectivity index (χ4v) is 6.13. The van der Waals surface area contributed by atoms with Crippen molar-refractivity contribution < 1.29 is 19.1 Å². The summed E-state index contributed by atoms with van der Waals surface area (Å²) in [6, 6.07) is 11.2. The third-order valence-corrected chi connectivity index (χ3v) is 8.79. The molecule has 0 aliphatic carbocycles. The Hall–Kier alpha value is -4.45. The zero-order valence-corrected chi connectivity index (χ0v) is 25.3. The van der Waals surface area contributed by atoms with E-state index in [4.69, 9.17) is 19.4 Å². The molecule has 0 spiro atoms. The highest BCUT2D eigenvalue weighted by Crippen LogP contribution is 2.33. The summed E-state index contributed by atoms with van der Waals surface area (Å²) in [5, 5.41) is 5.15. The standard InChI is InChI=1S/C31H35N7O4S/c1-20(2)24-16-28(35-31(34-24)37-9-8-32-18-37)38-11-10-36(30(40)14-22-6-7-25-26(13-22)42-19-41-25)17-23(38)15-29(39)33-21(3)27-5-4-12-43-27/h4-9,12-13,16,18,20-21,23H,10-11,14-15,17,19H2,1-3H3,(H,33,39). The Morgan fingerprint density at radius 2 is 1.95 bits per heavy atom. The third-order valence-electron chi connectivity index (χ3n) is 7.74. The Bertz CT molecular complexity index is 1570. The van der Waals surface area contributed by atoms with Gasteiger partial charge in [0.15, 0.2) is 11.5 Å². The highest BCUT2D eigenvalue weighted by molar-refractivity contribution is 7.10. The molecule has 2 aliphatic rings. The van der Waals surface area contributed by atoms with Gasteiger partial charge in [-0.25, -0.2) is 9.97 Å². The molecule has 1 fully saturated rings. The number of ether oxygens (including phenoxy) is 2. The predicted molar refractivity (Wildman–Crippen MR) is 163 cm³/mol. The van der Waals surface area contributed by atoms with Crippen molar-refractivity contribution in [1.29, 1.82) is 0 Å². The molecule has 2 amide bonds. The van der Waals surface area contributed by atoms with E-state index in [1.807, 2.05) is 59.8 Å². The number of aromatic nitrogens is 4. The van der Waals surface area contributed by atoms with Crippen LogP contribution in [0.4, 0.5) is 5.82 Å². The van der Waals surface area contributed by atoms with Crippen LogP contribution in [-0.4, -0.2) is 68.7 Å². The van der Waals surface area contributed by atoms with Crippen LogP contribution in [0.1, 0.15) is 55.3 Å². The Morgan fingerprint density at radius 1 is 1.09 bits per heavy atom. The second kappa shape index (κ2) is 12.4. The highest BCUT2D eigenvalue weighted by atomic mass is 32.1. The van der Waals surface area contributed by atoms with Gasteiger partial charge in [-0.2, -0.15) is 4.98 Å². The number of nitrogens with zero attached hydrogens (tertiary/aromatic N) is 6. The molecular weight excluding hydrogens is 566 g/mol. The van der Waals surface area contributed by atoms with Crippen LogP contribution in [0.25, 0.3) is 5.95 Å². The van der Waals surface area contributed by atoms with Gasteiger partial charge in [-0.05, 0) is 42.0 Å². The predicted octanol–water partition coefficient (Wildman–Crippen LogP) is 4.10. The zero-order chi connectivity index (χ0) is 29.9. The Morgan fingerprint density at radius 3 is 2.72 bits per heavy atom. The number of benzene rings is 1. The van der Waals surface area contributed by atoms with Crippen LogP contribution in [0, 0.1) is 0 Å². The molecule has 0 radical (unpaired) electrons. The number of rotatable bonds is 9. The van der Waals surface area contributed by atoms with Crippen LogP contribution in [-0.2, 0) is 16.0 Å². The summed E-state index contributed by atoms with van der Waals surface area (Å²) in [5.74, 6) is 2.69. The number of thiophene rings is 1. The largest absolute Gasteiger partial charge is 0.454 e. The zero-order valence-electron chi connectivity index (χ0n) is 24.5. The fraction of sp³-hybridized carbons (Fsp3) is 0.387. The molecule has 0 saturated carbocycles. The van der Waals surface area contributed by atoms with Gasteiger partial charge in [0.2, 0.25) is 24.6 Å². The first-order valence-corrected chi connectivity index (χ1v) is 15.3. The maximum Gasteiger partial charge on any atom is 0.237 e. The van der Waals surface area contributed by atoms with Crippen molar-refractivity contribution in [2.24, 2.45) is 0 Å². The molecule has 2 atom stereocenters. The smallest absolute Gasteiger partial charge is 0.237 e. The van der Waals surface area contributed by atoms with Gasteiger partial charge in [0.05, 0.1) is 24.2 Å². The summed E-state index contributed by atoms with van der Waals surface area (Å²) in [6.45, 7) is 7.79. The molecular formula is C31H35N7O4S. The fourth-order valence-electron chi connectivity index (χ4n) is 5.39. The van der Waals surface area contributed by atoms with Gasteiger partial charge >= 0.3 is 0 Å². The number of nitrogens with one attached hydrogen (secondary N) is 1. The quantitative estimate of drug-likeness (QED) is 0.305. The molecule has 11 nitrogen and oxygen atoms in total. The van der Waals surface area contributed by atoms with Crippen molar-refractivity contribution >= 4 is 29.0 Å². The van der Waals surface area contributed by atoms with E-state index in [9.17, 15) is 9.59 Å². The highest BCUT2D eigenvalue weighted by Gasteiger charge is 2.33. The van der Waals surface area contributed by atoms with Crippen molar-refractivity contribution in [3.8, 4) is 17.4 Å². The lowest BCUT2D eigenvalue weighted by atomic mass is 10.0. The van der Waals surface area contributed by atoms with E-state index in [0.29, 0.717) is 37.1 Å². The number of hydrogen-bond donors (Lipinski definition) is 1. The number of carbonyl (C=O) groups is 2. The molecule has 2 aliphatic heterocycles. The molecule has 12 heteroatoms. The minimum Gasteiger partial charge on any atom is -0.454 e. The number of fused-ring (bicyclic) bond motifs is 1. The molecule has 1 N–H and O–H groups in total. The molecule has 224 valence electrons.